The fourth-order valence-electron chi connectivity index (χ4n) is 4.17. The van der Waals surface area contributed by atoms with Gasteiger partial charge < -0.3 is 9.32 Å². The third-order valence-corrected chi connectivity index (χ3v) is 6.52. The van der Waals surface area contributed by atoms with Crippen LogP contribution < -0.4 is 0 Å². The van der Waals surface area contributed by atoms with Crippen molar-refractivity contribution in [1.29, 1.82) is 0 Å². The van der Waals surface area contributed by atoms with Crippen LogP contribution in [0.1, 0.15) is 39.6 Å². The maximum absolute atomic E-state index is 13.6. The van der Waals surface area contributed by atoms with E-state index in [4.69, 9.17) is 9.52 Å². The molecule has 0 N–H and O–H groups in total. The first-order chi connectivity index (χ1) is 14.6. The summed E-state index contributed by atoms with van der Waals surface area (Å²) in [5, 5.41) is 11.3. The molecule has 4 aromatic heterocycles. The highest BCUT2D eigenvalue weighted by atomic mass is 32.1. The van der Waals surface area contributed by atoms with Crippen molar-refractivity contribution in [2.24, 2.45) is 14.1 Å². The normalized spacial score (nSPS) is 13.0. The third-order valence-electron chi connectivity index (χ3n) is 5.63. The van der Waals surface area contributed by atoms with Gasteiger partial charge in [0.25, 0.3) is 5.91 Å². The predicted molar refractivity (Wildman–Crippen MR) is 114 cm³/mol. The Balaban J connectivity index is 1.47. The number of carbonyl (C=O) groups excluding carboxylic acids is 1. The van der Waals surface area contributed by atoms with Crippen LogP contribution in [0, 0.1) is 0 Å². The quantitative estimate of drug-likeness (QED) is 0.475. The molecule has 0 spiro atoms. The van der Waals surface area contributed by atoms with Gasteiger partial charge in [-0.05, 0) is 54.5 Å². The van der Waals surface area contributed by atoms with E-state index in [9.17, 15) is 4.79 Å². The van der Waals surface area contributed by atoms with Gasteiger partial charge in [0.2, 0.25) is 0 Å². The van der Waals surface area contributed by atoms with Crippen molar-refractivity contribution in [2.45, 2.75) is 32.4 Å². The molecule has 0 bridgehead atoms. The minimum absolute atomic E-state index is 0.0818. The number of carbonyl (C=O) groups is 1. The van der Waals surface area contributed by atoms with Crippen LogP contribution in [0.3, 0.4) is 0 Å². The van der Waals surface area contributed by atoms with Gasteiger partial charge in [0.1, 0.15) is 17.1 Å². The Morgan fingerprint density at radius 1 is 1.17 bits per heavy atom. The predicted octanol–water partition coefficient (Wildman–Crippen LogP) is 3.81. The molecular formula is C22H23N5O2S. The molecule has 7 nitrogen and oxygen atoms in total. The van der Waals surface area contributed by atoms with E-state index < -0.39 is 0 Å². The highest BCUT2D eigenvalue weighted by molar-refractivity contribution is 7.13. The first-order valence-electron chi connectivity index (χ1n) is 10.0. The lowest BCUT2D eigenvalue weighted by Crippen LogP contribution is -2.32. The molecule has 0 atom stereocenters. The molecule has 4 heterocycles. The maximum Gasteiger partial charge on any atom is 0.272 e. The minimum Gasteiger partial charge on any atom is -0.467 e. The first-order valence-corrected chi connectivity index (χ1v) is 10.9. The highest BCUT2D eigenvalue weighted by Gasteiger charge is 2.27. The Labute approximate surface area is 178 Å². The molecule has 0 saturated carbocycles. The lowest BCUT2D eigenvalue weighted by atomic mass is 10.2. The number of hydrogen-bond acceptors (Lipinski definition) is 5. The van der Waals surface area contributed by atoms with Crippen LogP contribution in [0.25, 0.3) is 10.6 Å². The number of fused-ring (bicyclic) bond motifs is 1. The minimum atomic E-state index is -0.0818. The molecule has 0 saturated heterocycles. The van der Waals surface area contributed by atoms with Crippen LogP contribution in [0.4, 0.5) is 0 Å². The number of rotatable bonds is 6. The number of aromatic nitrogens is 4. The van der Waals surface area contributed by atoms with Gasteiger partial charge in [-0.2, -0.15) is 10.2 Å². The maximum atomic E-state index is 13.6. The summed E-state index contributed by atoms with van der Waals surface area (Å²) in [5.74, 6) is 0.665. The average molecular weight is 422 g/mol. The molecule has 1 aliphatic carbocycles. The Bertz CT molecular complexity index is 1170. The summed E-state index contributed by atoms with van der Waals surface area (Å²) in [6.07, 6.45) is 4.86. The molecule has 1 aliphatic rings. The van der Waals surface area contributed by atoms with Crippen molar-refractivity contribution in [1.82, 2.24) is 24.5 Å². The monoisotopic (exact) mass is 421 g/mol. The summed E-state index contributed by atoms with van der Waals surface area (Å²) in [5.41, 5.74) is 4.92. The summed E-state index contributed by atoms with van der Waals surface area (Å²) in [4.78, 5) is 16.4. The summed E-state index contributed by atoms with van der Waals surface area (Å²) >= 11 is 1.61. The van der Waals surface area contributed by atoms with Crippen molar-refractivity contribution in [3.8, 4) is 10.6 Å². The van der Waals surface area contributed by atoms with Gasteiger partial charge in [0, 0.05) is 19.8 Å². The molecule has 0 aromatic carbocycles. The van der Waals surface area contributed by atoms with Crippen molar-refractivity contribution >= 4 is 17.2 Å². The Hall–Kier alpha value is -3.13. The van der Waals surface area contributed by atoms with Gasteiger partial charge in [0.05, 0.1) is 29.9 Å². The summed E-state index contributed by atoms with van der Waals surface area (Å²) < 4.78 is 9.17. The van der Waals surface area contributed by atoms with Crippen LogP contribution in [-0.4, -0.2) is 30.4 Å². The largest absolute Gasteiger partial charge is 0.467 e. The summed E-state index contributed by atoms with van der Waals surface area (Å²) in [6.45, 7) is 0.832. The zero-order chi connectivity index (χ0) is 20.7. The van der Waals surface area contributed by atoms with E-state index in [2.05, 4.69) is 5.10 Å². The molecule has 154 valence electrons. The molecular weight excluding hydrogens is 398 g/mol. The molecule has 1 amide bonds. The zero-order valence-electron chi connectivity index (χ0n) is 17.0. The number of amides is 1. The van der Waals surface area contributed by atoms with Crippen LogP contribution in [0.5, 0.6) is 0 Å². The molecule has 0 unspecified atom stereocenters. The van der Waals surface area contributed by atoms with Crippen molar-refractivity contribution in [3.05, 3.63) is 70.4 Å². The molecule has 5 rings (SSSR count). The van der Waals surface area contributed by atoms with Crippen LogP contribution in [-0.2, 0) is 40.0 Å². The van der Waals surface area contributed by atoms with E-state index in [1.807, 2.05) is 54.5 Å². The van der Waals surface area contributed by atoms with Crippen LogP contribution in [0.2, 0.25) is 0 Å². The fraction of sp³-hybridized carbons (Fsp3) is 0.318. The molecule has 0 radical (unpaired) electrons. The fourth-order valence-corrected chi connectivity index (χ4v) is 4.85. The Morgan fingerprint density at radius 2 is 2.07 bits per heavy atom. The zero-order valence-corrected chi connectivity index (χ0v) is 17.9. The van der Waals surface area contributed by atoms with Gasteiger partial charge in [-0.1, -0.05) is 6.07 Å². The molecule has 0 fully saturated rings. The third kappa shape index (κ3) is 3.37. The average Bonchev–Trinajstić information content (AvgIpc) is 3.53. The van der Waals surface area contributed by atoms with Gasteiger partial charge in [0.15, 0.2) is 0 Å². The van der Waals surface area contributed by atoms with Crippen molar-refractivity contribution < 1.29 is 9.21 Å². The lowest BCUT2D eigenvalue weighted by Gasteiger charge is -2.21. The molecule has 4 aromatic rings. The Kier molecular flexibility index (Phi) is 4.78. The summed E-state index contributed by atoms with van der Waals surface area (Å²) in [7, 11) is 3.80. The second-order valence-electron chi connectivity index (χ2n) is 7.61. The molecule has 0 aliphatic heterocycles. The number of nitrogens with zero attached hydrogens (tertiary/aromatic N) is 5. The van der Waals surface area contributed by atoms with Gasteiger partial charge in [-0.3, -0.25) is 14.2 Å². The van der Waals surface area contributed by atoms with Gasteiger partial charge >= 0.3 is 0 Å². The Morgan fingerprint density at radius 3 is 2.83 bits per heavy atom. The van der Waals surface area contributed by atoms with E-state index in [0.29, 0.717) is 18.8 Å². The lowest BCUT2D eigenvalue weighted by molar-refractivity contribution is 0.0703. The van der Waals surface area contributed by atoms with Crippen molar-refractivity contribution in [3.63, 3.8) is 0 Å². The standard InChI is InChI=1S/C22H23N5O2S/c1-25-19-8-3-7-16(19)18(24-25)14-27(13-15-6-4-10-29-15)22(28)20-12-17(23-26(20)2)21-9-5-11-30-21/h4-6,9-12H,3,7-8,13-14H2,1-2H3. The molecule has 8 heteroatoms. The number of furan rings is 1. The van der Waals surface area contributed by atoms with E-state index in [0.717, 1.165) is 41.3 Å². The van der Waals surface area contributed by atoms with Crippen molar-refractivity contribution in [2.75, 3.05) is 0 Å². The smallest absolute Gasteiger partial charge is 0.272 e. The first kappa shape index (κ1) is 18.9. The van der Waals surface area contributed by atoms with Crippen LogP contribution in [0.15, 0.2) is 46.4 Å². The highest BCUT2D eigenvalue weighted by Crippen LogP contribution is 2.28. The SMILES string of the molecule is Cn1nc(-c2cccs2)cc1C(=O)N(Cc1ccco1)Cc1nn(C)c2c1CCC2. The number of hydrogen-bond donors (Lipinski definition) is 0. The second kappa shape index (κ2) is 7.60. The van der Waals surface area contributed by atoms with Gasteiger partial charge in [-0.25, -0.2) is 0 Å². The van der Waals surface area contributed by atoms with E-state index in [1.54, 1.807) is 27.2 Å². The summed E-state index contributed by atoms with van der Waals surface area (Å²) in [6, 6.07) is 9.60. The molecule has 30 heavy (non-hydrogen) atoms. The number of thiophene rings is 1. The second-order valence-corrected chi connectivity index (χ2v) is 8.55. The van der Waals surface area contributed by atoms with E-state index >= 15 is 0 Å². The van der Waals surface area contributed by atoms with E-state index in [1.165, 1.54) is 11.3 Å². The topological polar surface area (TPSA) is 69.1 Å². The van der Waals surface area contributed by atoms with Gasteiger partial charge in [-0.15, -0.1) is 11.3 Å². The van der Waals surface area contributed by atoms with Crippen LogP contribution >= 0.6 is 11.3 Å². The van der Waals surface area contributed by atoms with E-state index in [-0.39, 0.29) is 5.91 Å². The number of aryl methyl sites for hydroxylation is 2.